The van der Waals surface area contributed by atoms with E-state index in [1.165, 1.54) is 0 Å². The third kappa shape index (κ3) is 4.32. The summed E-state index contributed by atoms with van der Waals surface area (Å²) in [5.41, 5.74) is -0.561. The van der Waals surface area contributed by atoms with E-state index in [0.29, 0.717) is 43.4 Å². The van der Waals surface area contributed by atoms with Gasteiger partial charge in [0.1, 0.15) is 5.67 Å². The molecule has 0 atom stereocenters. The van der Waals surface area contributed by atoms with Gasteiger partial charge in [-0.15, -0.1) is 0 Å². The van der Waals surface area contributed by atoms with Crippen molar-refractivity contribution in [3.63, 3.8) is 0 Å². The Labute approximate surface area is 246 Å². The van der Waals surface area contributed by atoms with Gasteiger partial charge < -0.3 is 13.9 Å². The maximum atomic E-state index is 14.6. The predicted molar refractivity (Wildman–Crippen MR) is 156 cm³/mol. The minimum Gasteiger partial charge on any atom is -0.339 e. The molecular weight excluding hydrogens is 533 g/mol. The van der Waals surface area contributed by atoms with Gasteiger partial charge in [-0.2, -0.15) is 9.97 Å². The first kappa shape index (κ1) is 27.7. The van der Waals surface area contributed by atoms with Gasteiger partial charge in [-0.05, 0) is 75.3 Å². The van der Waals surface area contributed by atoms with Gasteiger partial charge in [0.25, 0.3) is 0 Å². The van der Waals surface area contributed by atoms with Crippen molar-refractivity contribution >= 4 is 11.6 Å². The average Bonchev–Trinajstić information content (AvgIpc) is 3.62. The van der Waals surface area contributed by atoms with Crippen molar-refractivity contribution < 1.29 is 18.2 Å². The van der Waals surface area contributed by atoms with Crippen LogP contribution >= 0.6 is 0 Å². The molecule has 1 aromatic carbocycles. The monoisotopic (exact) mass is 575 g/mol. The van der Waals surface area contributed by atoms with Crippen LogP contribution in [0.2, 0.25) is 0 Å². The summed E-state index contributed by atoms with van der Waals surface area (Å²) in [6.45, 7) is 13.0. The van der Waals surface area contributed by atoms with Crippen molar-refractivity contribution in [3.8, 4) is 11.4 Å². The summed E-state index contributed by atoms with van der Waals surface area (Å²) in [5, 5.41) is 8.68. The first-order chi connectivity index (χ1) is 19.6. The Bertz CT molecular complexity index is 1500. The van der Waals surface area contributed by atoms with Crippen LogP contribution in [0.1, 0.15) is 117 Å². The zero-order chi connectivity index (χ0) is 29.8. The molecule has 2 heterocycles. The number of carbonyl (C=O) groups is 1. The zero-order valence-corrected chi connectivity index (χ0v) is 25.7. The van der Waals surface area contributed by atoms with Gasteiger partial charge in [0.05, 0.1) is 5.41 Å². The highest BCUT2D eigenvalue weighted by Gasteiger charge is 2.73. The van der Waals surface area contributed by atoms with Crippen LogP contribution < -0.4 is 4.90 Å². The van der Waals surface area contributed by atoms with E-state index in [1.807, 2.05) is 49.9 Å². The number of rotatable bonds is 6. The predicted octanol–water partition coefficient (Wildman–Crippen LogP) is 7.23. The molecule has 9 heteroatoms. The number of aromatic nitrogens is 4. The molecule has 1 amide bonds. The number of halogens is 1. The molecule has 0 radical (unpaired) electrons. The van der Waals surface area contributed by atoms with E-state index in [4.69, 9.17) is 14.0 Å². The molecule has 0 saturated heterocycles. The first-order valence-electron chi connectivity index (χ1n) is 15.4. The van der Waals surface area contributed by atoms with Gasteiger partial charge in [0.2, 0.25) is 23.5 Å². The molecule has 6 saturated carbocycles. The van der Waals surface area contributed by atoms with Crippen molar-refractivity contribution in [2.45, 2.75) is 121 Å². The number of alkyl halides is 1. The molecule has 2 aromatic heterocycles. The van der Waals surface area contributed by atoms with Crippen LogP contribution in [0, 0.1) is 10.8 Å². The highest BCUT2D eigenvalue weighted by molar-refractivity contribution is 6.00. The van der Waals surface area contributed by atoms with Crippen molar-refractivity contribution in [1.29, 1.82) is 0 Å². The van der Waals surface area contributed by atoms with Crippen LogP contribution in [0.3, 0.4) is 0 Å². The van der Waals surface area contributed by atoms with E-state index >= 15 is 0 Å². The fraction of sp³-hybridized carbons (Fsp3) is 0.667. The van der Waals surface area contributed by atoms with E-state index < -0.39 is 11.1 Å². The summed E-state index contributed by atoms with van der Waals surface area (Å²) in [4.78, 5) is 25.7. The Balaban J connectivity index is 1.16. The molecule has 224 valence electrons. The second kappa shape index (κ2) is 8.73. The molecule has 0 unspecified atom stereocenters. The zero-order valence-electron chi connectivity index (χ0n) is 25.7. The number of nitrogens with zero attached hydrogens (tertiary/aromatic N) is 5. The number of carbonyl (C=O) groups excluding carboxylic acids is 1. The largest absolute Gasteiger partial charge is 0.339 e. The van der Waals surface area contributed by atoms with Crippen LogP contribution in [0.5, 0.6) is 0 Å². The SMILES string of the molecule is CC(C)(C)c1nc(-c2cccc(N(CC34CCC(c5noc(C(C)(C)C)n5)(CC3)CC4)C(=O)C34CC(F)(C3)C4)c2)no1. The van der Waals surface area contributed by atoms with Gasteiger partial charge in [-0.25, -0.2) is 4.39 Å². The molecule has 0 aliphatic heterocycles. The van der Waals surface area contributed by atoms with Gasteiger partial charge in [0, 0.05) is 34.0 Å². The quantitative estimate of drug-likeness (QED) is 0.306. The standard InChI is InChI=1S/C33H42FN5O3/c1-28(2,3)25-35-23(37-41-25)21-8-7-9-22(16-21)39(27(40)32-17-33(34,18-32)19-32)20-30-10-13-31(14-11-30,15-12-30)24-36-26(42-38-24)29(4,5)6/h7-9,16H,10-15,17-20H2,1-6H3. The van der Waals surface area contributed by atoms with Crippen molar-refractivity contribution in [2.75, 3.05) is 11.4 Å². The number of hydrogen-bond donors (Lipinski definition) is 0. The Morgan fingerprint density at radius 3 is 2.02 bits per heavy atom. The van der Waals surface area contributed by atoms with E-state index in [-0.39, 0.29) is 27.6 Å². The number of fused-ring (bicyclic) bond motifs is 3. The number of anilines is 1. The van der Waals surface area contributed by atoms with Gasteiger partial charge in [0.15, 0.2) is 5.82 Å². The molecule has 6 aliphatic rings. The topological polar surface area (TPSA) is 98.2 Å². The molecule has 3 aromatic rings. The van der Waals surface area contributed by atoms with E-state index in [2.05, 4.69) is 36.1 Å². The summed E-state index contributed by atoms with van der Waals surface area (Å²) >= 11 is 0. The van der Waals surface area contributed by atoms with Crippen molar-refractivity contribution in [3.05, 3.63) is 41.9 Å². The second-order valence-electron chi connectivity index (χ2n) is 16.0. The summed E-state index contributed by atoms with van der Waals surface area (Å²) in [6.07, 6.45) is 6.97. The molecule has 6 aliphatic carbocycles. The van der Waals surface area contributed by atoms with Crippen LogP contribution in [-0.2, 0) is 21.0 Å². The first-order valence-corrected chi connectivity index (χ1v) is 15.4. The van der Waals surface area contributed by atoms with Crippen LogP contribution in [0.15, 0.2) is 33.3 Å². The van der Waals surface area contributed by atoms with Gasteiger partial charge >= 0.3 is 0 Å². The summed E-state index contributed by atoms with van der Waals surface area (Å²) in [5.74, 6) is 2.67. The fourth-order valence-electron chi connectivity index (χ4n) is 7.83. The molecule has 4 bridgehead atoms. The van der Waals surface area contributed by atoms with Crippen molar-refractivity contribution in [1.82, 2.24) is 20.3 Å². The molecule has 8 nitrogen and oxygen atoms in total. The number of amides is 1. The van der Waals surface area contributed by atoms with Gasteiger partial charge in [-0.3, -0.25) is 4.79 Å². The van der Waals surface area contributed by atoms with Crippen LogP contribution in [-0.4, -0.2) is 38.4 Å². The smallest absolute Gasteiger partial charge is 0.233 e. The van der Waals surface area contributed by atoms with Crippen LogP contribution in [0.4, 0.5) is 10.1 Å². The number of hydrogen-bond acceptors (Lipinski definition) is 7. The molecule has 0 spiro atoms. The summed E-state index contributed by atoms with van der Waals surface area (Å²) in [7, 11) is 0. The Kier molecular flexibility index (Phi) is 5.76. The lowest BCUT2D eigenvalue weighted by molar-refractivity contribution is -0.211. The summed E-state index contributed by atoms with van der Waals surface area (Å²) < 4.78 is 25.8. The Morgan fingerprint density at radius 2 is 1.48 bits per heavy atom. The minimum atomic E-state index is -1.14. The normalized spacial score (nSPS) is 31.9. The Morgan fingerprint density at radius 1 is 0.881 bits per heavy atom. The van der Waals surface area contributed by atoms with E-state index in [0.717, 1.165) is 55.6 Å². The third-order valence-corrected chi connectivity index (χ3v) is 10.6. The lowest BCUT2D eigenvalue weighted by atomic mass is 9.41. The number of benzene rings is 1. The third-order valence-electron chi connectivity index (χ3n) is 10.6. The highest BCUT2D eigenvalue weighted by atomic mass is 19.1. The molecular formula is C33H42FN5O3. The summed E-state index contributed by atoms with van der Waals surface area (Å²) in [6, 6.07) is 7.88. The lowest BCUT2D eigenvalue weighted by Gasteiger charge is -2.65. The fourth-order valence-corrected chi connectivity index (χ4v) is 7.83. The minimum absolute atomic E-state index is 0.00644. The molecule has 42 heavy (non-hydrogen) atoms. The Hall–Kier alpha value is -3.10. The van der Waals surface area contributed by atoms with Gasteiger partial charge in [-0.1, -0.05) is 64.0 Å². The van der Waals surface area contributed by atoms with E-state index in [9.17, 15) is 9.18 Å². The highest BCUT2D eigenvalue weighted by Crippen LogP contribution is 2.70. The second-order valence-corrected chi connectivity index (χ2v) is 16.0. The maximum absolute atomic E-state index is 14.6. The van der Waals surface area contributed by atoms with Crippen LogP contribution in [0.25, 0.3) is 11.4 Å². The molecule has 0 N–H and O–H groups in total. The van der Waals surface area contributed by atoms with Crippen molar-refractivity contribution in [2.24, 2.45) is 10.8 Å². The maximum Gasteiger partial charge on any atom is 0.233 e. The average molecular weight is 576 g/mol. The van der Waals surface area contributed by atoms with E-state index in [1.54, 1.807) is 0 Å². The molecule has 9 rings (SSSR count). The molecule has 6 fully saturated rings. The lowest BCUT2D eigenvalue weighted by Crippen LogP contribution is -2.71.